The van der Waals surface area contributed by atoms with E-state index >= 15 is 0 Å². The van der Waals surface area contributed by atoms with Gasteiger partial charge in [-0.15, -0.1) is 0 Å². The predicted octanol–water partition coefficient (Wildman–Crippen LogP) is 3.58. The Morgan fingerprint density at radius 1 is 1.17 bits per heavy atom. The molecule has 5 nitrogen and oxygen atoms in total. The summed E-state index contributed by atoms with van der Waals surface area (Å²) in [4.78, 5) is 20.2. The Bertz CT molecular complexity index is 679. The Morgan fingerprint density at radius 3 is 2.74 bits per heavy atom. The van der Waals surface area contributed by atoms with Gasteiger partial charge in [-0.25, -0.2) is 9.97 Å². The van der Waals surface area contributed by atoms with Gasteiger partial charge in [0.15, 0.2) is 0 Å². The summed E-state index contributed by atoms with van der Waals surface area (Å²) in [5.41, 5.74) is 1.27. The van der Waals surface area contributed by atoms with Crippen molar-refractivity contribution in [3.63, 3.8) is 0 Å². The monoisotopic (exact) mass is 352 g/mol. The molecular formula is C16H18Cl2N4O. The Hall–Kier alpha value is -1.85. The highest BCUT2D eigenvalue weighted by Crippen LogP contribution is 2.21. The summed E-state index contributed by atoms with van der Waals surface area (Å²) in [7, 11) is 0. The molecule has 1 amide bonds. The third kappa shape index (κ3) is 5.37. The summed E-state index contributed by atoms with van der Waals surface area (Å²) in [6, 6.07) is 6.96. The Morgan fingerprint density at radius 2 is 2.00 bits per heavy atom. The first-order valence-corrected chi connectivity index (χ1v) is 8.13. The number of rotatable bonds is 7. The molecule has 0 radical (unpaired) electrons. The van der Waals surface area contributed by atoms with Crippen LogP contribution in [0, 0.1) is 0 Å². The second-order valence-electron chi connectivity index (χ2n) is 4.96. The van der Waals surface area contributed by atoms with Crippen molar-refractivity contribution in [2.45, 2.75) is 19.8 Å². The predicted molar refractivity (Wildman–Crippen MR) is 93.3 cm³/mol. The molecule has 1 aromatic carbocycles. The zero-order valence-corrected chi connectivity index (χ0v) is 14.3. The molecule has 0 aliphatic carbocycles. The molecule has 0 saturated carbocycles. The van der Waals surface area contributed by atoms with E-state index in [1.807, 2.05) is 6.07 Å². The molecule has 0 aliphatic rings. The molecule has 23 heavy (non-hydrogen) atoms. The van der Waals surface area contributed by atoms with Crippen molar-refractivity contribution in [2.75, 3.05) is 18.4 Å². The van der Waals surface area contributed by atoms with E-state index in [0.717, 1.165) is 18.5 Å². The first kappa shape index (κ1) is 17.5. The zero-order chi connectivity index (χ0) is 16.7. The molecular weight excluding hydrogens is 335 g/mol. The molecule has 122 valence electrons. The molecule has 7 heteroatoms. The van der Waals surface area contributed by atoms with Gasteiger partial charge in [-0.1, -0.05) is 36.2 Å². The van der Waals surface area contributed by atoms with Crippen molar-refractivity contribution >= 4 is 34.9 Å². The van der Waals surface area contributed by atoms with E-state index in [4.69, 9.17) is 23.2 Å². The fourth-order valence-corrected chi connectivity index (χ4v) is 2.46. The summed E-state index contributed by atoms with van der Waals surface area (Å²) in [5, 5.41) is 7.14. The number of carbonyl (C=O) groups excluding carboxylic acids is 1. The van der Waals surface area contributed by atoms with Crippen LogP contribution >= 0.6 is 23.2 Å². The van der Waals surface area contributed by atoms with Gasteiger partial charge in [-0.3, -0.25) is 4.79 Å². The van der Waals surface area contributed by atoms with Crippen LogP contribution in [0.1, 0.15) is 29.4 Å². The highest BCUT2D eigenvalue weighted by atomic mass is 35.5. The smallest absolute Gasteiger partial charge is 0.270 e. The van der Waals surface area contributed by atoms with E-state index in [1.165, 1.54) is 6.33 Å². The highest BCUT2D eigenvalue weighted by molar-refractivity contribution is 6.35. The Labute approximate surface area is 145 Å². The van der Waals surface area contributed by atoms with Crippen LogP contribution in [-0.2, 0) is 6.42 Å². The molecule has 2 aromatic rings. The first-order valence-electron chi connectivity index (χ1n) is 7.38. The van der Waals surface area contributed by atoms with Crippen LogP contribution in [0.4, 0.5) is 5.82 Å². The molecule has 1 aromatic heterocycles. The molecule has 2 rings (SSSR count). The van der Waals surface area contributed by atoms with Gasteiger partial charge in [-0.05, 0) is 30.5 Å². The van der Waals surface area contributed by atoms with Gasteiger partial charge in [0, 0.05) is 29.2 Å². The average Bonchev–Trinajstić information content (AvgIpc) is 2.55. The number of hydrogen-bond acceptors (Lipinski definition) is 4. The quantitative estimate of drug-likeness (QED) is 0.799. The van der Waals surface area contributed by atoms with Crippen molar-refractivity contribution in [1.29, 1.82) is 0 Å². The third-order valence-corrected chi connectivity index (χ3v) is 3.74. The van der Waals surface area contributed by atoms with E-state index in [0.29, 0.717) is 34.5 Å². The standard InChI is InChI=1S/C16H18Cl2N4O/c1-2-6-19-15-9-14(21-10-22-15)16(23)20-7-5-11-3-4-12(17)8-13(11)18/h3-4,8-10H,2,5-7H2,1H3,(H,20,23)(H,19,21,22). The minimum absolute atomic E-state index is 0.239. The lowest BCUT2D eigenvalue weighted by molar-refractivity contribution is 0.0949. The van der Waals surface area contributed by atoms with Crippen LogP contribution < -0.4 is 10.6 Å². The first-order chi connectivity index (χ1) is 11.1. The number of aromatic nitrogens is 2. The number of halogens is 2. The maximum Gasteiger partial charge on any atom is 0.270 e. The molecule has 1 heterocycles. The lowest BCUT2D eigenvalue weighted by Gasteiger charge is -2.08. The largest absolute Gasteiger partial charge is 0.370 e. The summed E-state index contributed by atoms with van der Waals surface area (Å²) in [6.45, 7) is 3.32. The van der Waals surface area contributed by atoms with Crippen molar-refractivity contribution in [3.8, 4) is 0 Å². The second kappa shape index (κ2) is 8.70. The van der Waals surface area contributed by atoms with Crippen LogP contribution in [0.15, 0.2) is 30.6 Å². The van der Waals surface area contributed by atoms with Crippen LogP contribution in [0.2, 0.25) is 10.0 Å². The van der Waals surface area contributed by atoms with E-state index in [1.54, 1.807) is 18.2 Å². The minimum atomic E-state index is -0.239. The van der Waals surface area contributed by atoms with Gasteiger partial charge in [0.25, 0.3) is 5.91 Å². The van der Waals surface area contributed by atoms with E-state index in [-0.39, 0.29) is 5.91 Å². The van der Waals surface area contributed by atoms with Gasteiger partial charge in [0.2, 0.25) is 0 Å². The van der Waals surface area contributed by atoms with Crippen LogP contribution in [0.5, 0.6) is 0 Å². The fourth-order valence-electron chi connectivity index (χ4n) is 1.96. The molecule has 0 fully saturated rings. The van der Waals surface area contributed by atoms with Crippen molar-refractivity contribution in [2.24, 2.45) is 0 Å². The number of hydrogen-bond donors (Lipinski definition) is 2. The van der Waals surface area contributed by atoms with Crippen LogP contribution in [0.25, 0.3) is 0 Å². The molecule has 0 saturated heterocycles. The SMILES string of the molecule is CCCNc1cc(C(=O)NCCc2ccc(Cl)cc2Cl)ncn1. The van der Waals surface area contributed by atoms with Gasteiger partial charge < -0.3 is 10.6 Å². The molecule has 2 N–H and O–H groups in total. The lowest BCUT2D eigenvalue weighted by Crippen LogP contribution is -2.26. The highest BCUT2D eigenvalue weighted by Gasteiger charge is 2.09. The van der Waals surface area contributed by atoms with Crippen molar-refractivity contribution < 1.29 is 4.79 Å². The van der Waals surface area contributed by atoms with E-state index in [9.17, 15) is 4.79 Å². The molecule has 0 spiro atoms. The minimum Gasteiger partial charge on any atom is -0.370 e. The van der Waals surface area contributed by atoms with Gasteiger partial charge >= 0.3 is 0 Å². The number of nitrogens with zero attached hydrogens (tertiary/aromatic N) is 2. The number of nitrogens with one attached hydrogen (secondary N) is 2. The maximum absolute atomic E-state index is 12.1. The van der Waals surface area contributed by atoms with E-state index < -0.39 is 0 Å². The molecule has 0 aliphatic heterocycles. The van der Waals surface area contributed by atoms with E-state index in [2.05, 4.69) is 27.5 Å². The zero-order valence-electron chi connectivity index (χ0n) is 12.8. The van der Waals surface area contributed by atoms with Gasteiger partial charge in [-0.2, -0.15) is 0 Å². The Balaban J connectivity index is 1.89. The topological polar surface area (TPSA) is 66.9 Å². The van der Waals surface area contributed by atoms with Crippen molar-refractivity contribution in [1.82, 2.24) is 15.3 Å². The lowest BCUT2D eigenvalue weighted by atomic mass is 10.1. The molecule has 0 atom stereocenters. The van der Waals surface area contributed by atoms with Crippen molar-refractivity contribution in [3.05, 3.63) is 51.9 Å². The van der Waals surface area contributed by atoms with Gasteiger partial charge in [0.05, 0.1) is 0 Å². The third-order valence-electron chi connectivity index (χ3n) is 3.15. The number of amides is 1. The second-order valence-corrected chi connectivity index (χ2v) is 5.80. The fraction of sp³-hybridized carbons (Fsp3) is 0.312. The summed E-state index contributed by atoms with van der Waals surface area (Å²) >= 11 is 12.0. The van der Waals surface area contributed by atoms with Crippen LogP contribution in [0.3, 0.4) is 0 Å². The van der Waals surface area contributed by atoms with Gasteiger partial charge in [0.1, 0.15) is 17.8 Å². The Kier molecular flexibility index (Phi) is 6.62. The summed E-state index contributed by atoms with van der Waals surface area (Å²) in [6.07, 6.45) is 2.98. The van der Waals surface area contributed by atoms with Crippen LogP contribution in [-0.4, -0.2) is 29.0 Å². The molecule has 0 unspecified atom stereocenters. The maximum atomic E-state index is 12.1. The summed E-state index contributed by atoms with van der Waals surface area (Å²) < 4.78 is 0. The number of anilines is 1. The summed E-state index contributed by atoms with van der Waals surface area (Å²) in [5.74, 6) is 0.407. The normalized spacial score (nSPS) is 10.4. The molecule has 0 bridgehead atoms. The number of carbonyl (C=O) groups is 1. The number of benzene rings is 1. The average molecular weight is 353 g/mol.